The number of aryl methyl sites for hydroxylation is 1. The standard InChI is InChI=1S/C9H16N4S/c1-2-8-12-9(14-13-8)11-7-3-5-10-6-4-7/h7,10H,2-6H2,1H3,(H,11,12,13). The first-order chi connectivity index (χ1) is 6.88. The molecule has 1 saturated heterocycles. The van der Waals surface area contributed by atoms with Crippen LogP contribution in [0.15, 0.2) is 0 Å². The van der Waals surface area contributed by atoms with E-state index >= 15 is 0 Å². The predicted octanol–water partition coefficient (Wildman–Crippen LogP) is 1.26. The first-order valence-electron chi connectivity index (χ1n) is 5.18. The number of nitrogens with zero attached hydrogens (tertiary/aromatic N) is 2. The quantitative estimate of drug-likeness (QED) is 0.792. The van der Waals surface area contributed by atoms with E-state index in [1.807, 2.05) is 0 Å². The highest BCUT2D eigenvalue weighted by molar-refractivity contribution is 7.09. The van der Waals surface area contributed by atoms with Crippen LogP contribution in [0.2, 0.25) is 0 Å². The normalized spacial score (nSPS) is 18.4. The third-order valence-corrected chi connectivity index (χ3v) is 3.14. The lowest BCUT2D eigenvalue weighted by Gasteiger charge is -2.22. The molecule has 2 rings (SSSR count). The van der Waals surface area contributed by atoms with Crippen molar-refractivity contribution in [2.75, 3.05) is 18.4 Å². The van der Waals surface area contributed by atoms with Crippen molar-refractivity contribution >= 4 is 16.7 Å². The van der Waals surface area contributed by atoms with Crippen LogP contribution in [-0.4, -0.2) is 28.5 Å². The van der Waals surface area contributed by atoms with Gasteiger partial charge in [0.15, 0.2) is 0 Å². The summed E-state index contributed by atoms with van der Waals surface area (Å²) in [4.78, 5) is 4.40. The fourth-order valence-corrected chi connectivity index (χ4v) is 2.32. The zero-order chi connectivity index (χ0) is 9.80. The van der Waals surface area contributed by atoms with Crippen molar-refractivity contribution in [3.63, 3.8) is 0 Å². The van der Waals surface area contributed by atoms with E-state index < -0.39 is 0 Å². The smallest absolute Gasteiger partial charge is 0.202 e. The minimum absolute atomic E-state index is 0.578. The summed E-state index contributed by atoms with van der Waals surface area (Å²) in [5, 5.41) is 7.77. The molecule has 1 fully saturated rings. The number of rotatable bonds is 3. The average molecular weight is 212 g/mol. The van der Waals surface area contributed by atoms with Crippen LogP contribution < -0.4 is 10.6 Å². The van der Waals surface area contributed by atoms with Gasteiger partial charge in [-0.3, -0.25) is 0 Å². The van der Waals surface area contributed by atoms with Crippen molar-refractivity contribution in [1.82, 2.24) is 14.7 Å². The van der Waals surface area contributed by atoms with Crippen LogP contribution >= 0.6 is 11.5 Å². The molecule has 78 valence electrons. The second-order valence-corrected chi connectivity index (χ2v) is 4.29. The summed E-state index contributed by atoms with van der Waals surface area (Å²) in [5.74, 6) is 0.950. The predicted molar refractivity (Wildman–Crippen MR) is 58.8 cm³/mol. The molecule has 4 nitrogen and oxygen atoms in total. The summed E-state index contributed by atoms with van der Waals surface area (Å²) in [7, 11) is 0. The summed E-state index contributed by atoms with van der Waals surface area (Å²) in [6.45, 7) is 4.30. The molecule has 0 radical (unpaired) electrons. The highest BCUT2D eigenvalue weighted by atomic mass is 32.1. The van der Waals surface area contributed by atoms with E-state index in [9.17, 15) is 0 Å². The molecule has 0 atom stereocenters. The third kappa shape index (κ3) is 2.42. The third-order valence-electron chi connectivity index (χ3n) is 2.45. The van der Waals surface area contributed by atoms with Crippen LogP contribution in [0.4, 0.5) is 5.13 Å². The van der Waals surface area contributed by atoms with Crippen molar-refractivity contribution < 1.29 is 0 Å². The van der Waals surface area contributed by atoms with Gasteiger partial charge in [0.05, 0.1) is 0 Å². The summed E-state index contributed by atoms with van der Waals surface area (Å²) in [6, 6.07) is 0.578. The van der Waals surface area contributed by atoms with Crippen molar-refractivity contribution in [2.24, 2.45) is 0 Å². The van der Waals surface area contributed by atoms with Crippen molar-refractivity contribution in [3.05, 3.63) is 5.82 Å². The molecule has 14 heavy (non-hydrogen) atoms. The fourth-order valence-electron chi connectivity index (χ4n) is 1.60. The Morgan fingerprint density at radius 2 is 2.29 bits per heavy atom. The SMILES string of the molecule is CCc1nsc(NC2CCNCC2)n1. The van der Waals surface area contributed by atoms with Gasteiger partial charge in [0.1, 0.15) is 5.82 Å². The highest BCUT2D eigenvalue weighted by Gasteiger charge is 2.14. The van der Waals surface area contributed by atoms with Crippen LogP contribution in [0.5, 0.6) is 0 Å². The maximum Gasteiger partial charge on any atom is 0.202 e. The average Bonchev–Trinajstić information content (AvgIpc) is 2.67. The van der Waals surface area contributed by atoms with Gasteiger partial charge >= 0.3 is 0 Å². The van der Waals surface area contributed by atoms with Crippen molar-refractivity contribution in [3.8, 4) is 0 Å². The Morgan fingerprint density at radius 1 is 1.50 bits per heavy atom. The van der Waals surface area contributed by atoms with E-state index in [2.05, 4.69) is 26.9 Å². The van der Waals surface area contributed by atoms with Crippen LogP contribution in [0.3, 0.4) is 0 Å². The van der Waals surface area contributed by atoms with Crippen LogP contribution in [0, 0.1) is 0 Å². The minimum Gasteiger partial charge on any atom is -0.357 e. The summed E-state index contributed by atoms with van der Waals surface area (Å²) < 4.78 is 4.25. The molecule has 1 aromatic rings. The largest absolute Gasteiger partial charge is 0.357 e. The number of hydrogen-bond acceptors (Lipinski definition) is 5. The number of nitrogens with one attached hydrogen (secondary N) is 2. The molecular formula is C9H16N4S. The molecule has 0 spiro atoms. The van der Waals surface area contributed by atoms with Gasteiger partial charge in [-0.2, -0.15) is 4.37 Å². The topological polar surface area (TPSA) is 49.8 Å². The maximum atomic E-state index is 4.40. The molecular weight excluding hydrogens is 196 g/mol. The zero-order valence-corrected chi connectivity index (χ0v) is 9.23. The molecule has 0 unspecified atom stereocenters. The summed E-state index contributed by atoms with van der Waals surface area (Å²) >= 11 is 1.48. The second kappa shape index (κ2) is 4.70. The van der Waals surface area contributed by atoms with Crippen LogP contribution in [0.1, 0.15) is 25.6 Å². The van der Waals surface area contributed by atoms with E-state index in [-0.39, 0.29) is 0 Å². The van der Waals surface area contributed by atoms with E-state index in [4.69, 9.17) is 0 Å². The Hall–Kier alpha value is -0.680. The van der Waals surface area contributed by atoms with Gasteiger partial charge in [-0.15, -0.1) is 0 Å². The van der Waals surface area contributed by atoms with Gasteiger partial charge < -0.3 is 10.6 Å². The summed E-state index contributed by atoms with van der Waals surface area (Å²) in [6.07, 6.45) is 3.28. The molecule has 2 heterocycles. The molecule has 0 aromatic carbocycles. The van der Waals surface area contributed by atoms with Crippen LogP contribution in [0.25, 0.3) is 0 Å². The van der Waals surface area contributed by atoms with E-state index in [1.165, 1.54) is 24.4 Å². The maximum absolute atomic E-state index is 4.40. The zero-order valence-electron chi connectivity index (χ0n) is 8.42. The first kappa shape index (κ1) is 9.86. The molecule has 1 aromatic heterocycles. The molecule has 0 aliphatic carbocycles. The van der Waals surface area contributed by atoms with Crippen molar-refractivity contribution in [2.45, 2.75) is 32.2 Å². The van der Waals surface area contributed by atoms with Crippen LogP contribution in [-0.2, 0) is 6.42 Å². The Labute approximate surface area is 88.3 Å². The fraction of sp³-hybridized carbons (Fsp3) is 0.778. The lowest BCUT2D eigenvalue weighted by Crippen LogP contribution is -2.35. The van der Waals surface area contributed by atoms with Gasteiger partial charge in [0.25, 0.3) is 0 Å². The molecule has 0 amide bonds. The number of aromatic nitrogens is 2. The Kier molecular flexibility index (Phi) is 3.31. The van der Waals surface area contributed by atoms with E-state index in [0.29, 0.717) is 6.04 Å². The van der Waals surface area contributed by atoms with Gasteiger partial charge in [-0.1, -0.05) is 6.92 Å². The second-order valence-electron chi connectivity index (χ2n) is 3.54. The van der Waals surface area contributed by atoms with Gasteiger partial charge in [0.2, 0.25) is 5.13 Å². The first-order valence-corrected chi connectivity index (χ1v) is 5.95. The van der Waals surface area contributed by atoms with Gasteiger partial charge in [-0.05, 0) is 25.9 Å². The molecule has 2 N–H and O–H groups in total. The van der Waals surface area contributed by atoms with Crippen molar-refractivity contribution in [1.29, 1.82) is 0 Å². The van der Waals surface area contributed by atoms with Gasteiger partial charge in [-0.25, -0.2) is 4.98 Å². The highest BCUT2D eigenvalue weighted by Crippen LogP contribution is 2.15. The number of anilines is 1. The molecule has 1 aliphatic rings. The molecule has 0 bridgehead atoms. The Balaban J connectivity index is 1.89. The van der Waals surface area contributed by atoms with E-state index in [0.717, 1.165) is 30.5 Å². The molecule has 5 heteroatoms. The number of hydrogen-bond donors (Lipinski definition) is 2. The summed E-state index contributed by atoms with van der Waals surface area (Å²) in [5.41, 5.74) is 0. The van der Waals surface area contributed by atoms with Gasteiger partial charge in [0, 0.05) is 24.0 Å². The lowest BCUT2D eigenvalue weighted by molar-refractivity contribution is 0.479. The number of piperidine rings is 1. The monoisotopic (exact) mass is 212 g/mol. The lowest BCUT2D eigenvalue weighted by atomic mass is 10.1. The Bertz CT molecular complexity index is 280. The van der Waals surface area contributed by atoms with E-state index in [1.54, 1.807) is 0 Å². The minimum atomic E-state index is 0.578. The Morgan fingerprint density at radius 3 is 2.93 bits per heavy atom. The molecule has 1 aliphatic heterocycles. The molecule has 0 saturated carbocycles.